The number of hydrogen-bond donors (Lipinski definition) is 0. The highest BCUT2D eigenvalue weighted by Crippen LogP contribution is 2.18. The second-order valence-corrected chi connectivity index (χ2v) is 16.0. The molecule has 0 fully saturated rings. The Balaban J connectivity index is 5.24. The van der Waals surface area contributed by atoms with E-state index in [1.807, 2.05) is 0 Å². The number of nitrogens with zero attached hydrogens (tertiary/aromatic N) is 2. The Morgan fingerprint density at radius 3 is 1.44 bits per heavy atom. The van der Waals surface area contributed by atoms with E-state index in [0.717, 1.165) is 5.79 Å². The minimum Gasteiger partial charge on any atom is -0.291 e. The highest BCUT2D eigenvalue weighted by atomic mass is 28.3. The van der Waals surface area contributed by atoms with E-state index < -0.39 is 8.07 Å². The maximum absolute atomic E-state index is 4.12. The summed E-state index contributed by atoms with van der Waals surface area (Å²) in [5.41, 5.74) is 2.30. The zero-order chi connectivity index (χ0) is 20.5. The van der Waals surface area contributed by atoms with Crippen molar-refractivity contribution in [3.05, 3.63) is 12.3 Å². The lowest BCUT2D eigenvalue weighted by molar-refractivity contribution is 0.0901. The van der Waals surface area contributed by atoms with Gasteiger partial charge in [0, 0.05) is 5.79 Å². The van der Waals surface area contributed by atoms with E-state index in [9.17, 15) is 0 Å². The third-order valence-electron chi connectivity index (χ3n) is 5.87. The molecule has 0 N–H and O–H groups in total. The molecule has 0 rings (SSSR count). The lowest BCUT2D eigenvalue weighted by Crippen LogP contribution is -2.53. The molecule has 0 aromatic rings. The van der Waals surface area contributed by atoms with Crippen LogP contribution >= 0.6 is 0 Å². The van der Waals surface area contributed by atoms with Gasteiger partial charge in [0.1, 0.15) is 0 Å². The van der Waals surface area contributed by atoms with Gasteiger partial charge < -0.3 is 0 Å². The zero-order valence-corrected chi connectivity index (χ0v) is 22.3. The molecule has 0 aliphatic carbocycles. The van der Waals surface area contributed by atoms with E-state index in [-0.39, 0.29) is 9.52 Å². The van der Waals surface area contributed by atoms with Crippen molar-refractivity contribution in [2.45, 2.75) is 110 Å². The summed E-state index contributed by atoms with van der Waals surface area (Å²) in [6, 6.07) is 2.95. The van der Waals surface area contributed by atoms with Crippen LogP contribution in [0.4, 0.5) is 0 Å². The summed E-state index contributed by atoms with van der Waals surface area (Å²) in [5, 5.41) is 0. The first-order valence-corrected chi connectivity index (χ1v) is 17.2. The van der Waals surface area contributed by atoms with Crippen LogP contribution in [-0.2, 0) is 0 Å². The van der Waals surface area contributed by atoms with Gasteiger partial charge in [-0.15, -0.1) is 12.3 Å². The van der Waals surface area contributed by atoms with Crippen molar-refractivity contribution >= 4 is 17.6 Å². The molecular formula is C23H52N2Si2. The molecular weight excluding hydrogens is 360 g/mol. The Hall–Kier alpha value is 0.0938. The van der Waals surface area contributed by atoms with Gasteiger partial charge in [0.15, 0.2) is 0 Å². The van der Waals surface area contributed by atoms with E-state index in [4.69, 9.17) is 0 Å². The Morgan fingerprint density at radius 1 is 0.778 bits per heavy atom. The first-order chi connectivity index (χ1) is 13.0. The van der Waals surface area contributed by atoms with Crippen LogP contribution in [0.1, 0.15) is 79.1 Å². The minimum absolute atomic E-state index is 0.132. The molecule has 0 aliphatic rings. The molecule has 0 amide bonds. The van der Waals surface area contributed by atoms with Crippen molar-refractivity contribution in [3.63, 3.8) is 0 Å². The monoisotopic (exact) mass is 412 g/mol. The van der Waals surface area contributed by atoms with Crippen molar-refractivity contribution in [2.24, 2.45) is 0 Å². The fourth-order valence-electron chi connectivity index (χ4n) is 3.70. The topological polar surface area (TPSA) is 6.48 Å². The van der Waals surface area contributed by atoms with Gasteiger partial charge in [-0.2, -0.15) is 0 Å². The molecule has 0 aromatic carbocycles. The van der Waals surface area contributed by atoms with Crippen molar-refractivity contribution < 1.29 is 0 Å². The van der Waals surface area contributed by atoms with Crippen LogP contribution < -0.4 is 0 Å². The zero-order valence-electron chi connectivity index (χ0n) is 19.9. The summed E-state index contributed by atoms with van der Waals surface area (Å²) in [6.07, 6.45) is 10.7. The molecule has 0 radical (unpaired) electrons. The average Bonchev–Trinajstić information content (AvgIpc) is 2.66. The molecule has 0 heterocycles. The Bertz CT molecular complexity index is 311. The summed E-state index contributed by atoms with van der Waals surface area (Å²) in [4.78, 5) is 5.82. The van der Waals surface area contributed by atoms with Gasteiger partial charge in [-0.3, -0.25) is 9.80 Å². The molecule has 0 spiro atoms. The molecule has 0 unspecified atom stereocenters. The number of unbranched alkanes of at least 4 members (excludes halogenated alkanes) is 4. The SMILES string of the molecule is C=C[Si](C)(C)CC[SiH2]C(N(CCCC)CCCC)N(CCCC)CCCC. The van der Waals surface area contributed by atoms with E-state index in [1.54, 1.807) is 0 Å². The maximum Gasteiger partial charge on any atom is 0.0706 e. The standard InChI is InChI=1S/C23H52N2Si2/c1-8-13-17-24(18-14-9-2)23(26-21-22-27(6,7)12-5)25(19-15-10-3)20-16-11-4/h12,23H,5,8-11,13-22,26H2,1-4,6-7H3. The molecule has 0 saturated heterocycles. The second-order valence-electron chi connectivity index (χ2n) is 9.05. The number of rotatable bonds is 19. The van der Waals surface area contributed by atoms with Crippen molar-refractivity contribution in [2.75, 3.05) is 26.2 Å². The predicted molar refractivity (Wildman–Crippen MR) is 132 cm³/mol. The molecule has 4 heteroatoms. The normalized spacial score (nSPS) is 12.9. The Labute approximate surface area is 176 Å². The molecule has 27 heavy (non-hydrogen) atoms. The van der Waals surface area contributed by atoms with E-state index >= 15 is 0 Å². The number of hydrogen-bond acceptors (Lipinski definition) is 2. The largest absolute Gasteiger partial charge is 0.291 e. The van der Waals surface area contributed by atoms with Crippen LogP contribution in [0.25, 0.3) is 0 Å². The second kappa shape index (κ2) is 17.0. The van der Waals surface area contributed by atoms with E-state index in [2.05, 4.69) is 62.9 Å². The Kier molecular flexibility index (Phi) is 17.1. The first kappa shape index (κ1) is 27.1. The van der Waals surface area contributed by atoms with Crippen LogP contribution in [0.2, 0.25) is 25.2 Å². The first-order valence-electron chi connectivity index (χ1n) is 12.1. The highest BCUT2D eigenvalue weighted by Gasteiger charge is 2.25. The van der Waals surface area contributed by atoms with Crippen molar-refractivity contribution in [1.82, 2.24) is 9.80 Å². The van der Waals surface area contributed by atoms with E-state index in [1.165, 1.54) is 89.6 Å². The van der Waals surface area contributed by atoms with Gasteiger partial charge in [0.2, 0.25) is 0 Å². The molecule has 0 aliphatic heterocycles. The molecule has 0 bridgehead atoms. The highest BCUT2D eigenvalue weighted by molar-refractivity contribution is 6.82. The summed E-state index contributed by atoms with van der Waals surface area (Å²) >= 11 is 0. The predicted octanol–water partition coefficient (Wildman–Crippen LogP) is 6.10. The fraction of sp³-hybridized carbons (Fsp3) is 0.913. The average molecular weight is 413 g/mol. The van der Waals surface area contributed by atoms with Crippen LogP contribution in [0.5, 0.6) is 0 Å². The molecule has 162 valence electrons. The van der Waals surface area contributed by atoms with Gasteiger partial charge in [-0.25, -0.2) is 0 Å². The summed E-state index contributed by atoms with van der Waals surface area (Å²) in [6.45, 7) is 23.7. The van der Waals surface area contributed by atoms with Crippen molar-refractivity contribution in [1.29, 1.82) is 0 Å². The lowest BCUT2D eigenvalue weighted by atomic mass is 10.2. The third-order valence-corrected chi connectivity index (χ3v) is 11.6. The van der Waals surface area contributed by atoms with Gasteiger partial charge >= 0.3 is 0 Å². The van der Waals surface area contributed by atoms with Gasteiger partial charge in [-0.05, 0) is 51.9 Å². The van der Waals surface area contributed by atoms with Crippen LogP contribution in [-0.4, -0.2) is 59.4 Å². The summed E-state index contributed by atoms with van der Waals surface area (Å²) in [7, 11) is -1.29. The smallest absolute Gasteiger partial charge is 0.0706 e. The van der Waals surface area contributed by atoms with Crippen LogP contribution in [0.15, 0.2) is 12.3 Å². The van der Waals surface area contributed by atoms with Crippen LogP contribution in [0, 0.1) is 0 Å². The molecule has 2 nitrogen and oxygen atoms in total. The summed E-state index contributed by atoms with van der Waals surface area (Å²) in [5.74, 6) is 0.788. The van der Waals surface area contributed by atoms with Gasteiger partial charge in [0.05, 0.1) is 17.6 Å². The molecule has 0 saturated carbocycles. The quantitative estimate of drug-likeness (QED) is 0.187. The Morgan fingerprint density at radius 2 is 1.15 bits per heavy atom. The third kappa shape index (κ3) is 13.0. The molecule has 0 aromatic heterocycles. The van der Waals surface area contributed by atoms with Gasteiger partial charge in [0.25, 0.3) is 0 Å². The van der Waals surface area contributed by atoms with Crippen LogP contribution in [0.3, 0.4) is 0 Å². The van der Waals surface area contributed by atoms with Gasteiger partial charge in [-0.1, -0.05) is 78.6 Å². The van der Waals surface area contributed by atoms with E-state index in [0.29, 0.717) is 0 Å². The maximum atomic E-state index is 4.12. The molecule has 0 atom stereocenters. The minimum atomic E-state index is -1.15. The van der Waals surface area contributed by atoms with Crippen molar-refractivity contribution in [3.8, 4) is 0 Å². The fourth-order valence-corrected chi connectivity index (χ4v) is 10.2. The summed E-state index contributed by atoms with van der Waals surface area (Å²) < 4.78 is 0. The lowest BCUT2D eigenvalue weighted by Gasteiger charge is -2.41.